The number of benzene rings is 2. The van der Waals surface area contributed by atoms with Gasteiger partial charge in [-0.2, -0.15) is 5.10 Å². The van der Waals surface area contributed by atoms with Crippen molar-refractivity contribution in [2.75, 3.05) is 13.2 Å². The Bertz CT molecular complexity index is 749. The Morgan fingerprint density at radius 3 is 2.65 bits per heavy atom. The van der Waals surface area contributed by atoms with Gasteiger partial charge < -0.3 is 9.47 Å². The van der Waals surface area contributed by atoms with Crippen LogP contribution < -0.4 is 14.9 Å². The number of amides is 1. The van der Waals surface area contributed by atoms with Gasteiger partial charge in [-0.3, -0.25) is 4.79 Å². The minimum atomic E-state index is -0.406. The zero-order valence-electron chi connectivity index (χ0n) is 14.4. The van der Waals surface area contributed by atoms with E-state index >= 15 is 0 Å². The van der Waals surface area contributed by atoms with Crippen LogP contribution in [0.2, 0.25) is 10.0 Å². The molecule has 0 atom stereocenters. The second-order valence-corrected chi connectivity index (χ2v) is 6.19. The van der Waals surface area contributed by atoms with Crippen molar-refractivity contribution < 1.29 is 14.3 Å². The van der Waals surface area contributed by atoms with Gasteiger partial charge in [-0.25, -0.2) is 5.43 Å². The zero-order valence-corrected chi connectivity index (χ0v) is 15.9. The second-order valence-electron chi connectivity index (χ2n) is 5.40. The van der Waals surface area contributed by atoms with Gasteiger partial charge in [-0.15, -0.1) is 0 Å². The molecule has 0 heterocycles. The molecule has 0 saturated heterocycles. The van der Waals surface area contributed by atoms with Crippen molar-refractivity contribution in [2.45, 2.75) is 19.8 Å². The zero-order chi connectivity index (χ0) is 18.8. The molecule has 0 spiro atoms. The number of hydrogen-bond donors (Lipinski definition) is 1. The number of halogens is 2. The minimum Gasteiger partial charge on any atom is -0.494 e. The molecular weight excluding hydrogens is 375 g/mol. The monoisotopic (exact) mass is 394 g/mol. The predicted octanol–water partition coefficient (Wildman–Crippen LogP) is 4.70. The summed E-state index contributed by atoms with van der Waals surface area (Å²) in [5.41, 5.74) is 3.23. The average Bonchev–Trinajstić information content (AvgIpc) is 2.64. The number of hydrogen-bond acceptors (Lipinski definition) is 4. The van der Waals surface area contributed by atoms with Crippen LogP contribution in [0.15, 0.2) is 47.6 Å². The fourth-order valence-electron chi connectivity index (χ4n) is 1.93. The summed E-state index contributed by atoms with van der Waals surface area (Å²) in [5, 5.41) is 4.53. The SMILES string of the molecule is CCCCOc1ccc(/C=N/NC(=O)COc2cccc(Cl)c2Cl)cc1. The summed E-state index contributed by atoms with van der Waals surface area (Å²) in [6.45, 7) is 2.60. The number of carbonyl (C=O) groups excluding carboxylic acids is 1. The van der Waals surface area contributed by atoms with E-state index in [1.165, 1.54) is 0 Å². The molecule has 5 nitrogen and oxygen atoms in total. The summed E-state index contributed by atoms with van der Waals surface area (Å²) >= 11 is 11.9. The summed E-state index contributed by atoms with van der Waals surface area (Å²) in [4.78, 5) is 11.8. The van der Waals surface area contributed by atoms with E-state index in [4.69, 9.17) is 32.7 Å². The third-order valence-corrected chi connectivity index (χ3v) is 4.13. The van der Waals surface area contributed by atoms with Crippen LogP contribution in [0.5, 0.6) is 11.5 Å². The lowest BCUT2D eigenvalue weighted by Crippen LogP contribution is -2.24. The van der Waals surface area contributed by atoms with Gasteiger partial charge in [0.15, 0.2) is 6.61 Å². The largest absolute Gasteiger partial charge is 0.494 e. The lowest BCUT2D eigenvalue weighted by Gasteiger charge is -2.07. The van der Waals surface area contributed by atoms with Crippen molar-refractivity contribution in [3.8, 4) is 11.5 Å². The van der Waals surface area contributed by atoms with Crippen molar-refractivity contribution in [1.29, 1.82) is 0 Å². The van der Waals surface area contributed by atoms with E-state index in [2.05, 4.69) is 17.5 Å². The second kappa shape index (κ2) is 10.7. The molecule has 0 saturated carbocycles. The van der Waals surface area contributed by atoms with Crippen molar-refractivity contribution in [1.82, 2.24) is 5.43 Å². The maximum absolute atomic E-state index is 11.8. The first-order valence-corrected chi connectivity index (χ1v) is 8.97. The van der Waals surface area contributed by atoms with Crippen molar-refractivity contribution >= 4 is 35.3 Å². The molecule has 7 heteroatoms. The molecule has 26 heavy (non-hydrogen) atoms. The smallest absolute Gasteiger partial charge is 0.277 e. The fourth-order valence-corrected chi connectivity index (χ4v) is 2.28. The lowest BCUT2D eigenvalue weighted by atomic mass is 10.2. The first-order valence-electron chi connectivity index (χ1n) is 8.21. The maximum atomic E-state index is 11.8. The predicted molar refractivity (Wildman–Crippen MR) is 105 cm³/mol. The van der Waals surface area contributed by atoms with Crippen LogP contribution in [-0.4, -0.2) is 25.3 Å². The number of rotatable bonds is 9. The molecule has 138 valence electrons. The Morgan fingerprint density at radius 1 is 1.15 bits per heavy atom. The van der Waals surface area contributed by atoms with Gasteiger partial charge in [-0.05, 0) is 48.4 Å². The highest BCUT2D eigenvalue weighted by atomic mass is 35.5. The molecule has 0 bridgehead atoms. The molecule has 0 aliphatic carbocycles. The molecule has 1 N–H and O–H groups in total. The van der Waals surface area contributed by atoms with Crippen LogP contribution in [0.4, 0.5) is 0 Å². The summed E-state index contributed by atoms with van der Waals surface area (Å²) in [6, 6.07) is 12.4. The van der Waals surface area contributed by atoms with Crippen LogP contribution in [-0.2, 0) is 4.79 Å². The molecule has 2 aromatic carbocycles. The van der Waals surface area contributed by atoms with Gasteiger partial charge in [0.2, 0.25) is 0 Å². The van der Waals surface area contributed by atoms with E-state index in [0.717, 1.165) is 24.2 Å². The van der Waals surface area contributed by atoms with Crippen LogP contribution in [0, 0.1) is 0 Å². The summed E-state index contributed by atoms with van der Waals surface area (Å²) in [7, 11) is 0. The quantitative estimate of drug-likeness (QED) is 0.380. The Balaban J connectivity index is 1.76. The molecule has 0 unspecified atom stereocenters. The molecular formula is C19H20Cl2N2O3. The molecule has 0 aromatic heterocycles. The highest BCUT2D eigenvalue weighted by Crippen LogP contribution is 2.31. The molecule has 0 fully saturated rings. The standard InChI is InChI=1S/C19H20Cl2N2O3/c1-2-3-11-25-15-9-7-14(8-10-15)12-22-23-18(24)13-26-17-6-4-5-16(20)19(17)21/h4-10,12H,2-3,11,13H2,1H3,(H,23,24)/b22-12+. The van der Waals surface area contributed by atoms with Crippen molar-refractivity contribution in [3.05, 3.63) is 58.1 Å². The lowest BCUT2D eigenvalue weighted by molar-refractivity contribution is -0.123. The fraction of sp³-hybridized carbons (Fsp3) is 0.263. The van der Waals surface area contributed by atoms with Gasteiger partial charge in [-0.1, -0.05) is 42.6 Å². The van der Waals surface area contributed by atoms with Crippen LogP contribution in [0.25, 0.3) is 0 Å². The van der Waals surface area contributed by atoms with Crippen LogP contribution in [0.3, 0.4) is 0 Å². The van der Waals surface area contributed by atoms with Crippen LogP contribution in [0.1, 0.15) is 25.3 Å². The summed E-state index contributed by atoms with van der Waals surface area (Å²) in [6.07, 6.45) is 3.66. The Morgan fingerprint density at radius 2 is 1.92 bits per heavy atom. The van der Waals surface area contributed by atoms with E-state index in [-0.39, 0.29) is 11.6 Å². The number of hydrazone groups is 1. The molecule has 1 amide bonds. The van der Waals surface area contributed by atoms with E-state index in [1.807, 2.05) is 24.3 Å². The van der Waals surface area contributed by atoms with E-state index in [1.54, 1.807) is 24.4 Å². The number of nitrogens with one attached hydrogen (secondary N) is 1. The Hall–Kier alpha value is -2.24. The molecule has 2 aromatic rings. The average molecular weight is 395 g/mol. The maximum Gasteiger partial charge on any atom is 0.277 e. The van der Waals surface area contributed by atoms with E-state index in [9.17, 15) is 4.79 Å². The van der Waals surface area contributed by atoms with Crippen molar-refractivity contribution in [2.24, 2.45) is 5.10 Å². The third-order valence-electron chi connectivity index (χ3n) is 3.32. The topological polar surface area (TPSA) is 59.9 Å². The van der Waals surface area contributed by atoms with Gasteiger partial charge in [0.1, 0.15) is 16.5 Å². The third kappa shape index (κ3) is 6.58. The number of carbonyl (C=O) groups is 1. The molecule has 0 radical (unpaired) electrons. The normalized spacial score (nSPS) is 10.7. The van der Waals surface area contributed by atoms with Gasteiger partial charge in [0.25, 0.3) is 5.91 Å². The molecule has 0 aliphatic heterocycles. The van der Waals surface area contributed by atoms with E-state index in [0.29, 0.717) is 17.4 Å². The van der Waals surface area contributed by atoms with Crippen LogP contribution >= 0.6 is 23.2 Å². The summed E-state index contributed by atoms with van der Waals surface area (Å²) in [5.74, 6) is 0.750. The Labute approximate surface area is 162 Å². The van der Waals surface area contributed by atoms with Crippen molar-refractivity contribution in [3.63, 3.8) is 0 Å². The summed E-state index contributed by atoms with van der Waals surface area (Å²) < 4.78 is 10.9. The van der Waals surface area contributed by atoms with Gasteiger partial charge in [0, 0.05) is 0 Å². The first kappa shape index (κ1) is 20.1. The molecule has 0 aliphatic rings. The van der Waals surface area contributed by atoms with E-state index < -0.39 is 5.91 Å². The number of ether oxygens (including phenoxy) is 2. The highest BCUT2D eigenvalue weighted by molar-refractivity contribution is 6.42. The Kier molecular flexibility index (Phi) is 8.25. The number of unbranched alkanes of at least 4 members (excludes halogenated alkanes) is 1. The minimum absolute atomic E-state index is 0.221. The molecule has 2 rings (SSSR count). The van der Waals surface area contributed by atoms with Gasteiger partial charge in [0.05, 0.1) is 17.8 Å². The first-order chi connectivity index (χ1) is 12.6. The number of nitrogens with zero attached hydrogens (tertiary/aromatic N) is 1. The van der Waals surface area contributed by atoms with Gasteiger partial charge >= 0.3 is 0 Å². The highest BCUT2D eigenvalue weighted by Gasteiger charge is 2.07.